The van der Waals surface area contributed by atoms with Crippen LogP contribution in [0, 0.1) is 0 Å². The Morgan fingerprint density at radius 3 is 2.21 bits per heavy atom. The molecule has 0 unspecified atom stereocenters. The lowest BCUT2D eigenvalue weighted by atomic mass is 9.78. The third kappa shape index (κ3) is 3.28. The molecule has 0 radical (unpaired) electrons. The number of ether oxygens (including phenoxy) is 1. The fourth-order valence-electron chi connectivity index (χ4n) is 3.40. The molecule has 0 amide bonds. The van der Waals surface area contributed by atoms with E-state index in [0.29, 0.717) is 39.2 Å². The summed E-state index contributed by atoms with van der Waals surface area (Å²) in [5, 5.41) is 0.179. The molecule has 2 aliphatic rings. The predicted octanol–water partition coefficient (Wildman–Crippen LogP) is 5.33. The number of carbonyl (C=O) groups is 1. The molecule has 0 saturated carbocycles. The lowest BCUT2D eigenvalue weighted by molar-refractivity contribution is 0.0600. The van der Waals surface area contributed by atoms with Crippen LogP contribution in [0.5, 0.6) is 0 Å². The molecule has 1 heterocycles. The minimum Gasteiger partial charge on any atom is -0.465 e. The molecule has 6 heteroatoms. The van der Waals surface area contributed by atoms with Gasteiger partial charge >= 0.3 is 5.97 Å². The summed E-state index contributed by atoms with van der Waals surface area (Å²) >= 11 is 6.55. The summed E-state index contributed by atoms with van der Waals surface area (Å²) in [4.78, 5) is 29.8. The Bertz CT molecular complexity index is 1120. The van der Waals surface area contributed by atoms with E-state index in [4.69, 9.17) is 25.7 Å². The highest BCUT2D eigenvalue weighted by molar-refractivity contribution is 6.32. The molecule has 1 aromatic carbocycles. The number of rotatable bonds is 1. The number of halogens is 1. The summed E-state index contributed by atoms with van der Waals surface area (Å²) in [6.45, 7) is 11.7. The Hall–Kier alpha value is -2.40. The van der Waals surface area contributed by atoms with Gasteiger partial charge in [-0.15, -0.1) is 0 Å². The zero-order valence-corrected chi connectivity index (χ0v) is 17.9. The van der Waals surface area contributed by atoms with Crippen molar-refractivity contribution >= 4 is 28.7 Å². The van der Waals surface area contributed by atoms with Crippen molar-refractivity contribution in [2.45, 2.75) is 52.4 Å². The number of methoxy groups -OCH3 is 1. The SMILES string of the molecule is COC(=O)c1ccc2nc3c(C(C)(C)C)c(Cl)c(=O)c(C(C)(C)C)c-3oc2c1. The van der Waals surface area contributed by atoms with Crippen LogP contribution in [0.15, 0.2) is 27.4 Å². The molecule has 0 fully saturated rings. The fourth-order valence-corrected chi connectivity index (χ4v) is 3.86. The van der Waals surface area contributed by atoms with E-state index in [2.05, 4.69) is 0 Å². The van der Waals surface area contributed by atoms with Crippen LogP contribution >= 0.6 is 11.6 Å². The lowest BCUT2D eigenvalue weighted by Gasteiger charge is -2.28. The highest BCUT2D eigenvalue weighted by Crippen LogP contribution is 2.42. The molecule has 28 heavy (non-hydrogen) atoms. The second-order valence-electron chi connectivity index (χ2n) is 8.96. The number of benzene rings is 2. The number of hydrogen-bond donors (Lipinski definition) is 0. The Morgan fingerprint density at radius 1 is 1.07 bits per heavy atom. The zero-order chi connectivity index (χ0) is 21.0. The van der Waals surface area contributed by atoms with Gasteiger partial charge in [0.2, 0.25) is 5.43 Å². The van der Waals surface area contributed by atoms with Crippen LogP contribution in [0.1, 0.15) is 63.0 Å². The molecule has 0 spiro atoms. The highest BCUT2D eigenvalue weighted by atomic mass is 35.5. The average molecular weight is 402 g/mol. The van der Waals surface area contributed by atoms with Crippen LogP contribution in [0.3, 0.4) is 0 Å². The van der Waals surface area contributed by atoms with Gasteiger partial charge in [0.15, 0.2) is 11.3 Å². The summed E-state index contributed by atoms with van der Waals surface area (Å²) in [6, 6.07) is 4.91. The van der Waals surface area contributed by atoms with E-state index in [1.807, 2.05) is 41.5 Å². The minimum absolute atomic E-state index is 0.179. The second-order valence-corrected chi connectivity index (χ2v) is 9.34. The Labute approximate surface area is 169 Å². The first kappa shape index (κ1) is 20.3. The van der Waals surface area contributed by atoms with Crippen molar-refractivity contribution < 1.29 is 13.9 Å². The largest absolute Gasteiger partial charge is 0.465 e. The van der Waals surface area contributed by atoms with E-state index >= 15 is 0 Å². The molecule has 3 rings (SSSR count). The van der Waals surface area contributed by atoms with Gasteiger partial charge in [0.25, 0.3) is 0 Å². The van der Waals surface area contributed by atoms with Crippen LogP contribution in [0.4, 0.5) is 0 Å². The summed E-state index contributed by atoms with van der Waals surface area (Å²) < 4.78 is 11.0. The second kappa shape index (κ2) is 6.59. The quantitative estimate of drug-likeness (QED) is 0.407. The molecule has 5 nitrogen and oxygen atoms in total. The van der Waals surface area contributed by atoms with Gasteiger partial charge in [-0.3, -0.25) is 4.79 Å². The van der Waals surface area contributed by atoms with Gasteiger partial charge in [0.05, 0.1) is 23.3 Å². The third-order valence-corrected chi connectivity index (χ3v) is 5.01. The predicted molar refractivity (Wildman–Crippen MR) is 111 cm³/mol. The van der Waals surface area contributed by atoms with Gasteiger partial charge < -0.3 is 9.15 Å². The van der Waals surface area contributed by atoms with Gasteiger partial charge in [-0.05, 0) is 29.0 Å². The van der Waals surface area contributed by atoms with Crippen LogP contribution < -0.4 is 5.43 Å². The third-order valence-electron chi connectivity index (χ3n) is 4.65. The minimum atomic E-state index is -0.506. The highest BCUT2D eigenvalue weighted by Gasteiger charge is 2.35. The molecule has 0 N–H and O–H groups in total. The van der Waals surface area contributed by atoms with Gasteiger partial charge in [0.1, 0.15) is 11.2 Å². The first-order valence-electron chi connectivity index (χ1n) is 9.05. The maximum absolute atomic E-state index is 13.2. The van der Waals surface area contributed by atoms with Gasteiger partial charge in [0, 0.05) is 5.56 Å². The Morgan fingerprint density at radius 2 is 1.68 bits per heavy atom. The van der Waals surface area contributed by atoms with E-state index in [0.717, 1.165) is 0 Å². The van der Waals surface area contributed by atoms with Gasteiger partial charge in [-0.2, -0.15) is 0 Å². The molecule has 1 aliphatic heterocycles. The standard InChI is InChI=1S/C22H24ClNO4/c1-21(2,3)14-16(23)18(25)15(22(4,5)6)19-17(14)24-12-9-8-11(20(26)27-7)10-13(12)28-19/h8-10H,1-7H3. The van der Waals surface area contributed by atoms with Crippen molar-refractivity contribution in [2.75, 3.05) is 7.11 Å². The zero-order valence-electron chi connectivity index (χ0n) is 17.2. The van der Waals surface area contributed by atoms with E-state index in [9.17, 15) is 9.59 Å². The van der Waals surface area contributed by atoms with Crippen LogP contribution in [-0.2, 0) is 15.6 Å². The molecule has 0 atom stereocenters. The topological polar surface area (TPSA) is 69.4 Å². The number of nitrogens with zero attached hydrogens (tertiary/aromatic N) is 1. The molecule has 1 aromatic rings. The van der Waals surface area contributed by atoms with Gasteiger partial charge in [-0.1, -0.05) is 53.1 Å². The normalized spacial score (nSPS) is 12.6. The monoisotopic (exact) mass is 401 g/mol. The van der Waals surface area contributed by atoms with Crippen molar-refractivity contribution in [2.24, 2.45) is 0 Å². The smallest absolute Gasteiger partial charge is 0.337 e. The first-order valence-corrected chi connectivity index (χ1v) is 9.43. The van der Waals surface area contributed by atoms with E-state index < -0.39 is 16.8 Å². The Kier molecular flexibility index (Phi) is 4.79. The van der Waals surface area contributed by atoms with Crippen molar-refractivity contribution in [3.63, 3.8) is 0 Å². The van der Waals surface area contributed by atoms with E-state index in [-0.39, 0.29) is 10.5 Å². The number of carbonyl (C=O) groups excluding carboxylic acids is 1. The molecule has 0 bridgehead atoms. The molecule has 148 valence electrons. The molecular formula is C22H24ClNO4. The summed E-state index contributed by atoms with van der Waals surface area (Å²) in [5.41, 5.74) is 1.86. The average Bonchev–Trinajstić information content (AvgIpc) is 2.57. The van der Waals surface area contributed by atoms with Crippen molar-refractivity contribution in [3.05, 3.63) is 50.1 Å². The van der Waals surface area contributed by atoms with Crippen LogP contribution in [0.25, 0.3) is 22.6 Å². The summed E-state index contributed by atoms with van der Waals surface area (Å²) in [5.74, 6) is -0.0643. The van der Waals surface area contributed by atoms with Crippen molar-refractivity contribution in [3.8, 4) is 11.5 Å². The van der Waals surface area contributed by atoms with Gasteiger partial charge in [-0.25, -0.2) is 9.78 Å². The number of esters is 1. The van der Waals surface area contributed by atoms with Crippen molar-refractivity contribution in [1.29, 1.82) is 0 Å². The van der Waals surface area contributed by atoms with Crippen LogP contribution in [-0.4, -0.2) is 18.1 Å². The number of hydrogen-bond acceptors (Lipinski definition) is 5. The lowest BCUT2D eigenvalue weighted by Crippen LogP contribution is -2.29. The molecule has 1 aliphatic carbocycles. The van der Waals surface area contributed by atoms with E-state index in [1.165, 1.54) is 7.11 Å². The number of aromatic nitrogens is 1. The first-order chi connectivity index (χ1) is 12.9. The van der Waals surface area contributed by atoms with Crippen LogP contribution in [0.2, 0.25) is 5.02 Å². The van der Waals surface area contributed by atoms with Crippen molar-refractivity contribution in [1.82, 2.24) is 4.98 Å². The Balaban J connectivity index is 2.53. The maximum Gasteiger partial charge on any atom is 0.337 e. The van der Waals surface area contributed by atoms with E-state index in [1.54, 1.807) is 18.2 Å². The summed E-state index contributed by atoms with van der Waals surface area (Å²) in [7, 11) is 1.32. The number of fused-ring (bicyclic) bond motifs is 2. The summed E-state index contributed by atoms with van der Waals surface area (Å²) in [6.07, 6.45) is 0. The fraction of sp³-hybridized carbons (Fsp3) is 0.409. The molecule has 0 aromatic heterocycles. The molecule has 0 saturated heterocycles. The molecular weight excluding hydrogens is 378 g/mol. The maximum atomic E-state index is 13.2.